The van der Waals surface area contributed by atoms with Gasteiger partial charge in [-0.05, 0) is 48.2 Å². The molecule has 0 amide bonds. The molecule has 0 aliphatic heterocycles. The number of hydrogen-bond donors (Lipinski definition) is 2. The lowest BCUT2D eigenvalue weighted by atomic mass is 9.96. The van der Waals surface area contributed by atoms with Crippen LogP contribution in [0.5, 0.6) is 0 Å². The van der Waals surface area contributed by atoms with Gasteiger partial charge in [0.25, 0.3) is 0 Å². The molecule has 0 heterocycles. The van der Waals surface area contributed by atoms with E-state index >= 15 is 0 Å². The lowest BCUT2D eigenvalue weighted by Gasteiger charge is -2.19. The number of rotatable bonds is 5. The van der Waals surface area contributed by atoms with Crippen molar-refractivity contribution in [1.82, 2.24) is 10.6 Å². The van der Waals surface area contributed by atoms with Gasteiger partial charge in [0, 0.05) is 25.6 Å². The minimum absolute atomic E-state index is 0.000441. The Labute approximate surface area is 147 Å². The molecule has 0 radical (unpaired) electrons. The fourth-order valence-electron chi connectivity index (χ4n) is 2.95. The first-order valence-corrected chi connectivity index (χ1v) is 8.35. The summed E-state index contributed by atoms with van der Waals surface area (Å²) in [7, 11) is 1.72. The Hall–Kier alpha value is -2.87. The molecule has 0 unspecified atom stereocenters. The van der Waals surface area contributed by atoms with Gasteiger partial charge in [0.15, 0.2) is 5.96 Å². The van der Waals surface area contributed by atoms with Gasteiger partial charge in [-0.1, -0.05) is 24.3 Å². The number of hydrogen-bond acceptors (Lipinski definition) is 2. The van der Waals surface area contributed by atoms with Gasteiger partial charge in [-0.3, -0.25) is 4.99 Å². The van der Waals surface area contributed by atoms with Gasteiger partial charge >= 0.3 is 0 Å². The molecule has 25 heavy (non-hydrogen) atoms. The van der Waals surface area contributed by atoms with E-state index in [9.17, 15) is 4.39 Å². The number of benzene rings is 2. The number of nitrogens with one attached hydrogen (secondary N) is 2. The summed E-state index contributed by atoms with van der Waals surface area (Å²) in [4.78, 5) is 4.24. The lowest BCUT2D eigenvalue weighted by molar-refractivity contribution is 0.607. The Morgan fingerprint density at radius 3 is 2.68 bits per heavy atom. The number of guanidine groups is 1. The van der Waals surface area contributed by atoms with Crippen LogP contribution in [0.1, 0.15) is 29.5 Å². The average molecular weight is 336 g/mol. The Morgan fingerprint density at radius 1 is 1.20 bits per heavy atom. The van der Waals surface area contributed by atoms with Crippen molar-refractivity contribution in [2.24, 2.45) is 4.99 Å². The molecular weight excluding hydrogens is 315 g/mol. The van der Waals surface area contributed by atoms with Crippen LogP contribution in [0.3, 0.4) is 0 Å². The number of aliphatic imine (C=N–C) groups is 1. The van der Waals surface area contributed by atoms with Crippen LogP contribution >= 0.6 is 0 Å². The van der Waals surface area contributed by atoms with E-state index in [4.69, 9.17) is 5.26 Å². The molecule has 1 aliphatic carbocycles. The number of nitrogens with zero attached hydrogens (tertiary/aromatic N) is 2. The van der Waals surface area contributed by atoms with Crippen molar-refractivity contribution < 1.29 is 4.39 Å². The van der Waals surface area contributed by atoms with E-state index in [1.165, 1.54) is 6.07 Å². The maximum Gasteiger partial charge on any atom is 0.191 e. The van der Waals surface area contributed by atoms with Crippen molar-refractivity contribution in [2.45, 2.75) is 24.8 Å². The maximum atomic E-state index is 13.5. The average Bonchev–Trinajstić information content (AvgIpc) is 3.43. The second-order valence-corrected chi connectivity index (χ2v) is 6.38. The largest absolute Gasteiger partial charge is 0.356 e. The number of nitriles is 1. The second-order valence-electron chi connectivity index (χ2n) is 6.38. The summed E-state index contributed by atoms with van der Waals surface area (Å²) in [6.07, 6.45) is 2.09. The summed E-state index contributed by atoms with van der Waals surface area (Å²) in [5.74, 6) is 0.508. The van der Waals surface area contributed by atoms with Crippen LogP contribution in [-0.4, -0.2) is 19.6 Å². The molecule has 0 aromatic heterocycles. The standard InChI is InChI=1S/C20H21FN4/c1-23-19(24-13-16-5-2-4-15(10-16)12-22)25-14-20(8-9-20)17-6-3-7-18(21)11-17/h2-7,10-11H,8-9,13-14H2,1H3,(H2,23,24,25). The van der Waals surface area contributed by atoms with Crippen molar-refractivity contribution in [3.05, 3.63) is 71.0 Å². The summed E-state index contributed by atoms with van der Waals surface area (Å²) in [6, 6.07) is 16.5. The fourth-order valence-corrected chi connectivity index (χ4v) is 2.95. The topological polar surface area (TPSA) is 60.2 Å². The molecule has 0 saturated heterocycles. The van der Waals surface area contributed by atoms with E-state index in [0.29, 0.717) is 24.6 Å². The van der Waals surface area contributed by atoms with Crippen molar-refractivity contribution in [1.29, 1.82) is 5.26 Å². The zero-order valence-electron chi connectivity index (χ0n) is 14.2. The highest BCUT2D eigenvalue weighted by Crippen LogP contribution is 2.47. The molecule has 1 aliphatic rings. The molecule has 3 rings (SSSR count). The van der Waals surface area contributed by atoms with Crippen molar-refractivity contribution in [2.75, 3.05) is 13.6 Å². The van der Waals surface area contributed by atoms with E-state index < -0.39 is 0 Å². The Morgan fingerprint density at radius 2 is 2.00 bits per heavy atom. The predicted molar refractivity (Wildman–Crippen MR) is 96.7 cm³/mol. The van der Waals surface area contributed by atoms with Gasteiger partial charge < -0.3 is 10.6 Å². The van der Waals surface area contributed by atoms with Crippen LogP contribution in [0.2, 0.25) is 0 Å². The third-order valence-corrected chi connectivity index (χ3v) is 4.62. The quantitative estimate of drug-likeness (QED) is 0.651. The fraction of sp³-hybridized carbons (Fsp3) is 0.300. The molecule has 0 spiro atoms. The third-order valence-electron chi connectivity index (χ3n) is 4.62. The molecule has 4 nitrogen and oxygen atoms in total. The first-order valence-electron chi connectivity index (χ1n) is 8.35. The van der Waals surface area contributed by atoms with E-state index in [1.54, 1.807) is 25.2 Å². The van der Waals surface area contributed by atoms with Gasteiger partial charge in [0.05, 0.1) is 11.6 Å². The van der Waals surface area contributed by atoms with Crippen LogP contribution in [-0.2, 0) is 12.0 Å². The highest BCUT2D eigenvalue weighted by Gasteiger charge is 2.44. The van der Waals surface area contributed by atoms with Crippen LogP contribution in [0.25, 0.3) is 0 Å². The minimum Gasteiger partial charge on any atom is -0.356 e. The molecule has 128 valence electrons. The normalized spacial score (nSPS) is 15.3. The van der Waals surface area contributed by atoms with E-state index in [0.717, 1.165) is 24.0 Å². The highest BCUT2D eigenvalue weighted by molar-refractivity contribution is 5.79. The zero-order chi connectivity index (χ0) is 17.7. The summed E-state index contributed by atoms with van der Waals surface area (Å²) in [5.41, 5.74) is 2.70. The third kappa shape index (κ3) is 4.16. The molecule has 5 heteroatoms. The van der Waals surface area contributed by atoms with E-state index in [1.807, 2.05) is 24.3 Å². The van der Waals surface area contributed by atoms with Crippen LogP contribution in [0.4, 0.5) is 4.39 Å². The summed E-state index contributed by atoms with van der Waals surface area (Å²) in [6.45, 7) is 1.30. The Bertz CT molecular complexity index is 818. The summed E-state index contributed by atoms with van der Waals surface area (Å²) < 4.78 is 13.5. The second kappa shape index (κ2) is 7.35. The smallest absolute Gasteiger partial charge is 0.191 e. The van der Waals surface area contributed by atoms with Gasteiger partial charge in [0.1, 0.15) is 5.82 Å². The van der Waals surface area contributed by atoms with Gasteiger partial charge in [-0.2, -0.15) is 5.26 Å². The predicted octanol–water partition coefficient (Wildman–Crippen LogP) is 3.09. The van der Waals surface area contributed by atoms with Crippen LogP contribution in [0.15, 0.2) is 53.5 Å². The van der Waals surface area contributed by atoms with Crippen LogP contribution < -0.4 is 10.6 Å². The first kappa shape index (κ1) is 17.0. The van der Waals surface area contributed by atoms with Crippen LogP contribution in [0, 0.1) is 17.1 Å². The minimum atomic E-state index is -0.191. The highest BCUT2D eigenvalue weighted by atomic mass is 19.1. The summed E-state index contributed by atoms with van der Waals surface area (Å²) in [5, 5.41) is 15.6. The molecule has 2 aromatic carbocycles. The molecule has 2 aromatic rings. The van der Waals surface area contributed by atoms with Crippen molar-refractivity contribution in [3.8, 4) is 6.07 Å². The summed E-state index contributed by atoms with van der Waals surface area (Å²) >= 11 is 0. The van der Waals surface area contributed by atoms with Crippen molar-refractivity contribution >= 4 is 5.96 Å². The van der Waals surface area contributed by atoms with E-state index in [2.05, 4.69) is 21.7 Å². The van der Waals surface area contributed by atoms with Gasteiger partial charge in [-0.25, -0.2) is 4.39 Å². The molecule has 2 N–H and O–H groups in total. The van der Waals surface area contributed by atoms with E-state index in [-0.39, 0.29) is 11.2 Å². The molecule has 1 saturated carbocycles. The maximum absolute atomic E-state index is 13.5. The first-order chi connectivity index (χ1) is 12.1. The monoisotopic (exact) mass is 336 g/mol. The van der Waals surface area contributed by atoms with Gasteiger partial charge in [-0.15, -0.1) is 0 Å². The lowest BCUT2D eigenvalue weighted by Crippen LogP contribution is -2.40. The number of halogens is 1. The molecular formula is C20H21FN4. The Balaban J connectivity index is 1.57. The zero-order valence-corrected chi connectivity index (χ0v) is 14.2. The van der Waals surface area contributed by atoms with Crippen molar-refractivity contribution in [3.63, 3.8) is 0 Å². The molecule has 1 fully saturated rings. The SMILES string of the molecule is CN=C(NCc1cccc(C#N)c1)NCC1(c2cccc(F)c2)CC1. The molecule has 0 atom stereocenters. The van der Waals surface area contributed by atoms with Gasteiger partial charge in [0.2, 0.25) is 0 Å². The molecule has 0 bridgehead atoms. The Kier molecular flexibility index (Phi) is 4.99.